The maximum absolute atomic E-state index is 14.5. The van der Waals surface area contributed by atoms with Gasteiger partial charge in [0.1, 0.15) is 23.7 Å². The molecule has 3 aromatic carbocycles. The quantitative estimate of drug-likeness (QED) is 0.399. The molecule has 166 valence electrons. The number of rotatable bonds is 8. The summed E-state index contributed by atoms with van der Waals surface area (Å²) in [7, 11) is 1.56. The van der Waals surface area contributed by atoms with Gasteiger partial charge in [-0.2, -0.15) is 0 Å². The molecule has 0 aliphatic carbocycles. The second-order valence-electron chi connectivity index (χ2n) is 7.40. The lowest BCUT2D eigenvalue weighted by molar-refractivity contribution is 0.0988. The summed E-state index contributed by atoms with van der Waals surface area (Å²) in [6.07, 6.45) is 1.45. The first kappa shape index (κ1) is 21.9. The van der Waals surface area contributed by atoms with E-state index in [9.17, 15) is 14.0 Å². The number of nitrogens with one attached hydrogen (secondary N) is 1. The maximum atomic E-state index is 14.5. The van der Waals surface area contributed by atoms with Crippen LogP contribution < -0.4 is 15.8 Å². The highest BCUT2D eigenvalue weighted by Crippen LogP contribution is 2.23. The number of nitrogens with zero attached hydrogens (tertiary/aromatic N) is 2. The summed E-state index contributed by atoms with van der Waals surface area (Å²) in [5.41, 5.74) is 7.75. The van der Waals surface area contributed by atoms with Gasteiger partial charge in [0.15, 0.2) is 5.78 Å². The number of carbonyl (C=O) groups is 2. The van der Waals surface area contributed by atoms with Crippen molar-refractivity contribution in [2.24, 2.45) is 5.73 Å². The molecule has 0 saturated carbocycles. The molecular weight excluding hydrogens is 423 g/mol. The highest BCUT2D eigenvalue weighted by molar-refractivity contribution is 6.06. The number of Topliss-reactive ketones (excluding diaryl/α,β-unsaturated/α-hetero) is 1. The molecule has 0 radical (unpaired) electrons. The summed E-state index contributed by atoms with van der Waals surface area (Å²) in [5, 5.41) is 3.69. The van der Waals surface area contributed by atoms with Gasteiger partial charge in [-0.1, -0.05) is 18.2 Å². The van der Waals surface area contributed by atoms with Crippen LogP contribution in [0.25, 0.3) is 10.9 Å². The zero-order valence-corrected chi connectivity index (χ0v) is 17.8. The fourth-order valence-corrected chi connectivity index (χ4v) is 3.54. The predicted octanol–water partition coefficient (Wildman–Crippen LogP) is 3.91. The van der Waals surface area contributed by atoms with E-state index in [1.54, 1.807) is 61.7 Å². The topological polar surface area (TPSA) is 107 Å². The first-order valence-corrected chi connectivity index (χ1v) is 10.2. The third-order valence-electron chi connectivity index (χ3n) is 5.26. The molecule has 1 amide bonds. The van der Waals surface area contributed by atoms with E-state index in [0.29, 0.717) is 39.2 Å². The predicted molar refractivity (Wildman–Crippen MR) is 123 cm³/mol. The number of fused-ring (bicyclic) bond motifs is 1. The average Bonchev–Trinajstić information content (AvgIpc) is 2.83. The Hall–Kier alpha value is -4.33. The molecule has 0 aliphatic heterocycles. The van der Waals surface area contributed by atoms with Crippen LogP contribution in [0.5, 0.6) is 5.75 Å². The van der Waals surface area contributed by atoms with Gasteiger partial charge in [0.2, 0.25) is 0 Å². The highest BCUT2D eigenvalue weighted by atomic mass is 19.1. The molecule has 3 N–H and O–H groups in total. The molecule has 0 unspecified atom stereocenters. The van der Waals surface area contributed by atoms with E-state index >= 15 is 0 Å². The van der Waals surface area contributed by atoms with Crippen molar-refractivity contribution in [2.45, 2.75) is 13.0 Å². The standard InChI is InChI=1S/C25H21FN4O3/c1-33-18-8-6-16(7-9-18)22(31)12-15-5-10-21(26)17(11-15)13-28-25-20-4-2-3-19(24(27)32)23(20)29-14-30-25/h2-11,14H,12-13H2,1H3,(H2,27,32)(H,28,29,30). The molecule has 0 atom stereocenters. The lowest BCUT2D eigenvalue weighted by Crippen LogP contribution is -2.12. The Morgan fingerprint density at radius 3 is 2.58 bits per heavy atom. The molecule has 0 bridgehead atoms. The van der Waals surface area contributed by atoms with Crippen LogP contribution in [0.3, 0.4) is 0 Å². The van der Waals surface area contributed by atoms with Crippen LogP contribution in [0.15, 0.2) is 67.0 Å². The molecule has 4 aromatic rings. The molecule has 0 aliphatic rings. The number of methoxy groups -OCH3 is 1. The molecule has 0 spiro atoms. The van der Waals surface area contributed by atoms with Crippen LogP contribution in [-0.2, 0) is 13.0 Å². The summed E-state index contributed by atoms with van der Waals surface area (Å²) in [5.74, 6) is 0.0397. The van der Waals surface area contributed by atoms with Crippen LogP contribution >= 0.6 is 0 Å². The summed E-state index contributed by atoms with van der Waals surface area (Å²) in [6.45, 7) is 0.128. The molecule has 1 aromatic heterocycles. The van der Waals surface area contributed by atoms with E-state index in [0.717, 1.165) is 0 Å². The van der Waals surface area contributed by atoms with Gasteiger partial charge in [-0.3, -0.25) is 9.59 Å². The van der Waals surface area contributed by atoms with Crippen molar-refractivity contribution < 1.29 is 18.7 Å². The Morgan fingerprint density at radius 2 is 1.85 bits per heavy atom. The van der Waals surface area contributed by atoms with Gasteiger partial charge in [0.05, 0.1) is 18.2 Å². The van der Waals surface area contributed by atoms with Crippen molar-refractivity contribution in [2.75, 3.05) is 12.4 Å². The molecule has 0 saturated heterocycles. The molecule has 1 heterocycles. The van der Waals surface area contributed by atoms with Crippen LogP contribution in [0, 0.1) is 5.82 Å². The van der Waals surface area contributed by atoms with E-state index < -0.39 is 11.7 Å². The lowest BCUT2D eigenvalue weighted by atomic mass is 10.0. The average molecular weight is 444 g/mol. The Labute approximate surface area is 189 Å². The van der Waals surface area contributed by atoms with Gasteiger partial charge >= 0.3 is 0 Å². The number of ketones is 1. The number of hydrogen-bond acceptors (Lipinski definition) is 6. The van der Waals surface area contributed by atoms with Gasteiger partial charge in [-0.15, -0.1) is 0 Å². The molecule has 7 nitrogen and oxygen atoms in total. The van der Waals surface area contributed by atoms with Gasteiger partial charge in [0, 0.05) is 29.5 Å². The third kappa shape index (κ3) is 4.79. The molecule has 8 heteroatoms. The second kappa shape index (κ2) is 9.44. The fourth-order valence-electron chi connectivity index (χ4n) is 3.54. The van der Waals surface area contributed by atoms with E-state index in [1.165, 1.54) is 12.4 Å². The van der Waals surface area contributed by atoms with Crippen molar-refractivity contribution in [3.63, 3.8) is 0 Å². The number of para-hydroxylation sites is 1. The van der Waals surface area contributed by atoms with Crippen molar-refractivity contribution in [3.05, 3.63) is 95.1 Å². The molecule has 0 fully saturated rings. The summed E-state index contributed by atoms with van der Waals surface area (Å²) >= 11 is 0. The number of ether oxygens (including phenoxy) is 1. The van der Waals surface area contributed by atoms with E-state index in [2.05, 4.69) is 15.3 Å². The summed E-state index contributed by atoms with van der Waals surface area (Å²) in [6, 6.07) is 16.5. The van der Waals surface area contributed by atoms with E-state index in [-0.39, 0.29) is 24.3 Å². The molecule has 4 rings (SSSR count). The number of nitrogens with two attached hydrogens (primary N) is 1. The number of carbonyl (C=O) groups excluding carboxylic acids is 2. The van der Waals surface area contributed by atoms with Crippen molar-refractivity contribution in [1.82, 2.24) is 9.97 Å². The van der Waals surface area contributed by atoms with Crippen molar-refractivity contribution in [1.29, 1.82) is 0 Å². The Bertz CT molecular complexity index is 1340. The normalized spacial score (nSPS) is 10.7. The molecular formula is C25H21FN4O3. The number of primary amides is 1. The molecule has 33 heavy (non-hydrogen) atoms. The van der Waals surface area contributed by atoms with Gasteiger partial charge in [0.25, 0.3) is 5.91 Å². The minimum atomic E-state index is -0.592. The van der Waals surface area contributed by atoms with Crippen molar-refractivity contribution in [3.8, 4) is 5.75 Å². The first-order chi connectivity index (χ1) is 16.0. The minimum Gasteiger partial charge on any atom is -0.497 e. The SMILES string of the molecule is COc1ccc(C(=O)Cc2ccc(F)c(CNc3ncnc4c(C(N)=O)cccc34)c2)cc1. The number of aromatic nitrogens is 2. The number of amides is 1. The van der Waals surface area contributed by atoms with Crippen molar-refractivity contribution >= 4 is 28.4 Å². The van der Waals surface area contributed by atoms with Crippen LogP contribution in [0.2, 0.25) is 0 Å². The monoisotopic (exact) mass is 444 g/mol. The van der Waals surface area contributed by atoms with Gasteiger partial charge < -0.3 is 15.8 Å². The Kier molecular flexibility index (Phi) is 6.26. The minimum absolute atomic E-state index is 0.0797. The lowest BCUT2D eigenvalue weighted by Gasteiger charge is -2.11. The summed E-state index contributed by atoms with van der Waals surface area (Å²) in [4.78, 5) is 32.7. The van der Waals surface area contributed by atoms with Crippen LogP contribution in [0.4, 0.5) is 10.2 Å². The largest absolute Gasteiger partial charge is 0.497 e. The third-order valence-corrected chi connectivity index (χ3v) is 5.26. The first-order valence-electron chi connectivity index (χ1n) is 10.2. The highest BCUT2D eigenvalue weighted by Gasteiger charge is 2.13. The van der Waals surface area contributed by atoms with E-state index in [1.807, 2.05) is 0 Å². The maximum Gasteiger partial charge on any atom is 0.250 e. The second-order valence-corrected chi connectivity index (χ2v) is 7.40. The zero-order chi connectivity index (χ0) is 23.4. The van der Waals surface area contributed by atoms with E-state index in [4.69, 9.17) is 10.5 Å². The van der Waals surface area contributed by atoms with Gasteiger partial charge in [-0.25, -0.2) is 14.4 Å². The fraction of sp³-hybridized carbons (Fsp3) is 0.120. The Balaban J connectivity index is 1.52. The summed E-state index contributed by atoms with van der Waals surface area (Å²) < 4.78 is 19.6. The van der Waals surface area contributed by atoms with Crippen LogP contribution in [0.1, 0.15) is 31.8 Å². The number of anilines is 1. The smallest absolute Gasteiger partial charge is 0.250 e. The Morgan fingerprint density at radius 1 is 1.06 bits per heavy atom. The number of benzene rings is 3. The number of hydrogen-bond donors (Lipinski definition) is 2. The van der Waals surface area contributed by atoms with Gasteiger partial charge in [-0.05, 0) is 48.0 Å². The van der Waals surface area contributed by atoms with Crippen LogP contribution in [-0.4, -0.2) is 28.8 Å². The number of halogens is 1. The zero-order valence-electron chi connectivity index (χ0n) is 17.8.